The first-order valence-electron chi connectivity index (χ1n) is 6.96. The third kappa shape index (κ3) is 2.13. The maximum absolute atomic E-state index is 5.62. The van der Waals surface area contributed by atoms with Crippen LogP contribution < -0.4 is 9.47 Å². The first-order chi connectivity index (χ1) is 10.3. The van der Waals surface area contributed by atoms with Gasteiger partial charge in [-0.15, -0.1) is 10.2 Å². The summed E-state index contributed by atoms with van der Waals surface area (Å²) >= 11 is 1.53. The molecule has 3 aromatic rings. The highest BCUT2D eigenvalue weighted by molar-refractivity contribution is 7.19. The summed E-state index contributed by atoms with van der Waals surface area (Å²) in [6.07, 6.45) is 1.91. The molecule has 3 heterocycles. The monoisotopic (exact) mass is 302 g/mol. The van der Waals surface area contributed by atoms with Crippen molar-refractivity contribution in [1.82, 2.24) is 19.8 Å². The molecule has 0 amide bonds. The summed E-state index contributed by atoms with van der Waals surface area (Å²) in [6, 6.07) is 5.90. The Morgan fingerprint density at radius 2 is 2.05 bits per heavy atom. The number of hydrogen-bond donors (Lipinski definition) is 0. The molecule has 1 aliphatic rings. The van der Waals surface area contributed by atoms with Crippen molar-refractivity contribution in [3.63, 3.8) is 0 Å². The van der Waals surface area contributed by atoms with Crippen molar-refractivity contribution >= 4 is 16.3 Å². The maximum Gasteiger partial charge on any atom is 0.234 e. The van der Waals surface area contributed by atoms with Gasteiger partial charge in [0, 0.05) is 12.0 Å². The second kappa shape index (κ2) is 5.00. The Balaban J connectivity index is 1.75. The van der Waals surface area contributed by atoms with Gasteiger partial charge >= 0.3 is 0 Å². The predicted molar refractivity (Wildman–Crippen MR) is 79.1 cm³/mol. The lowest BCUT2D eigenvalue weighted by Crippen LogP contribution is -2.15. The Bertz CT molecular complexity index is 795. The Hall–Kier alpha value is -2.15. The number of ether oxygens (including phenoxy) is 2. The van der Waals surface area contributed by atoms with Crippen LogP contribution in [0.4, 0.5) is 0 Å². The standard InChI is InChI=1S/C14H14N4O2S/c1-2-3-12-15-16-14-18(12)17-13(21-14)9-4-5-10-11(8-9)20-7-6-19-10/h4-5,8H,2-3,6-7H2,1H3. The average molecular weight is 302 g/mol. The fraction of sp³-hybridized carbons (Fsp3) is 0.357. The maximum atomic E-state index is 5.62. The largest absolute Gasteiger partial charge is 0.486 e. The van der Waals surface area contributed by atoms with Crippen LogP contribution in [0, 0.1) is 0 Å². The molecule has 0 radical (unpaired) electrons. The molecule has 0 saturated carbocycles. The summed E-state index contributed by atoms with van der Waals surface area (Å²) in [6.45, 7) is 3.31. The summed E-state index contributed by atoms with van der Waals surface area (Å²) in [5, 5.41) is 13.9. The minimum Gasteiger partial charge on any atom is -0.486 e. The van der Waals surface area contributed by atoms with E-state index in [9.17, 15) is 0 Å². The van der Waals surface area contributed by atoms with E-state index in [1.807, 2.05) is 22.7 Å². The van der Waals surface area contributed by atoms with Gasteiger partial charge < -0.3 is 9.47 Å². The molecular formula is C14H14N4O2S. The van der Waals surface area contributed by atoms with Crippen molar-refractivity contribution in [3.05, 3.63) is 24.0 Å². The predicted octanol–water partition coefficient (Wildman–Crippen LogP) is 2.58. The highest BCUT2D eigenvalue weighted by atomic mass is 32.1. The van der Waals surface area contributed by atoms with Gasteiger partial charge in [0.05, 0.1) is 0 Å². The van der Waals surface area contributed by atoms with Gasteiger partial charge in [-0.05, 0) is 24.6 Å². The van der Waals surface area contributed by atoms with E-state index in [0.29, 0.717) is 13.2 Å². The van der Waals surface area contributed by atoms with Crippen LogP contribution in [0.15, 0.2) is 18.2 Å². The van der Waals surface area contributed by atoms with Gasteiger partial charge in [0.15, 0.2) is 17.3 Å². The van der Waals surface area contributed by atoms with Crippen LogP contribution in [0.25, 0.3) is 15.5 Å². The summed E-state index contributed by atoms with van der Waals surface area (Å²) in [7, 11) is 0. The molecule has 1 aliphatic heterocycles. The van der Waals surface area contributed by atoms with Crippen LogP contribution in [-0.2, 0) is 6.42 Å². The Morgan fingerprint density at radius 1 is 1.19 bits per heavy atom. The van der Waals surface area contributed by atoms with Gasteiger partial charge in [-0.3, -0.25) is 0 Å². The van der Waals surface area contributed by atoms with E-state index in [1.165, 1.54) is 11.3 Å². The van der Waals surface area contributed by atoms with Crippen molar-refractivity contribution in [3.8, 4) is 22.1 Å². The first kappa shape index (κ1) is 12.6. The molecule has 21 heavy (non-hydrogen) atoms. The number of hydrogen-bond acceptors (Lipinski definition) is 6. The van der Waals surface area contributed by atoms with Crippen molar-refractivity contribution in [1.29, 1.82) is 0 Å². The molecule has 0 aliphatic carbocycles. The summed E-state index contributed by atoms with van der Waals surface area (Å²) in [5.74, 6) is 2.48. The third-order valence-corrected chi connectivity index (χ3v) is 4.27. The van der Waals surface area contributed by atoms with Crippen LogP contribution in [0.2, 0.25) is 0 Å². The Morgan fingerprint density at radius 3 is 2.90 bits per heavy atom. The summed E-state index contributed by atoms with van der Waals surface area (Å²) < 4.78 is 13.0. The van der Waals surface area contributed by atoms with E-state index in [2.05, 4.69) is 22.2 Å². The molecule has 1 aromatic carbocycles. The molecule has 2 aromatic heterocycles. The van der Waals surface area contributed by atoms with Crippen LogP contribution in [0.5, 0.6) is 11.5 Å². The lowest BCUT2D eigenvalue weighted by atomic mass is 10.2. The molecular weight excluding hydrogens is 288 g/mol. The van der Waals surface area contributed by atoms with E-state index >= 15 is 0 Å². The number of aryl methyl sites for hydroxylation is 1. The molecule has 0 atom stereocenters. The molecule has 7 heteroatoms. The first-order valence-corrected chi connectivity index (χ1v) is 7.78. The number of rotatable bonds is 3. The van der Waals surface area contributed by atoms with E-state index in [0.717, 1.165) is 45.7 Å². The van der Waals surface area contributed by atoms with Crippen molar-refractivity contribution in [2.45, 2.75) is 19.8 Å². The average Bonchev–Trinajstić information content (AvgIpc) is 3.09. The van der Waals surface area contributed by atoms with Gasteiger partial charge in [-0.25, -0.2) is 0 Å². The quantitative estimate of drug-likeness (QED) is 0.744. The summed E-state index contributed by atoms with van der Waals surface area (Å²) in [4.78, 5) is 0.823. The second-order valence-corrected chi connectivity index (χ2v) is 5.78. The van der Waals surface area contributed by atoms with Crippen molar-refractivity contribution in [2.24, 2.45) is 0 Å². The highest BCUT2D eigenvalue weighted by Gasteiger charge is 2.16. The SMILES string of the molecule is CCCc1nnc2sc(-c3ccc4c(c3)OCCO4)nn12. The van der Waals surface area contributed by atoms with Gasteiger partial charge in [-0.1, -0.05) is 18.3 Å². The zero-order valence-electron chi connectivity index (χ0n) is 11.6. The molecule has 0 saturated heterocycles. The van der Waals surface area contributed by atoms with Gasteiger partial charge in [0.2, 0.25) is 4.96 Å². The summed E-state index contributed by atoms with van der Waals surface area (Å²) in [5.41, 5.74) is 1.01. The number of aromatic nitrogens is 4. The van der Waals surface area contributed by atoms with Crippen LogP contribution in [0.3, 0.4) is 0 Å². The smallest absolute Gasteiger partial charge is 0.234 e. The number of fused-ring (bicyclic) bond motifs is 2. The van der Waals surface area contributed by atoms with Gasteiger partial charge in [0.1, 0.15) is 18.2 Å². The highest BCUT2D eigenvalue weighted by Crippen LogP contribution is 2.35. The Labute approximate surface area is 125 Å². The Kier molecular flexibility index (Phi) is 2.99. The number of benzene rings is 1. The lowest BCUT2D eigenvalue weighted by Gasteiger charge is -2.18. The second-order valence-electron chi connectivity index (χ2n) is 4.83. The topological polar surface area (TPSA) is 61.5 Å². The van der Waals surface area contributed by atoms with E-state index in [-0.39, 0.29) is 0 Å². The van der Waals surface area contributed by atoms with E-state index < -0.39 is 0 Å². The fourth-order valence-corrected chi connectivity index (χ4v) is 3.18. The van der Waals surface area contributed by atoms with Crippen LogP contribution >= 0.6 is 11.3 Å². The van der Waals surface area contributed by atoms with Crippen LogP contribution in [0.1, 0.15) is 19.2 Å². The molecule has 0 N–H and O–H groups in total. The molecule has 4 rings (SSSR count). The molecule has 6 nitrogen and oxygen atoms in total. The lowest BCUT2D eigenvalue weighted by molar-refractivity contribution is 0.171. The number of nitrogens with zero attached hydrogens (tertiary/aromatic N) is 4. The molecule has 0 bridgehead atoms. The fourth-order valence-electron chi connectivity index (χ4n) is 2.33. The molecule has 0 fully saturated rings. The van der Waals surface area contributed by atoms with Crippen molar-refractivity contribution < 1.29 is 9.47 Å². The zero-order valence-corrected chi connectivity index (χ0v) is 12.4. The van der Waals surface area contributed by atoms with Gasteiger partial charge in [-0.2, -0.15) is 9.61 Å². The van der Waals surface area contributed by atoms with E-state index in [4.69, 9.17) is 9.47 Å². The third-order valence-electron chi connectivity index (χ3n) is 3.32. The minimum atomic E-state index is 0.586. The molecule has 0 unspecified atom stereocenters. The van der Waals surface area contributed by atoms with E-state index in [1.54, 1.807) is 0 Å². The van der Waals surface area contributed by atoms with Gasteiger partial charge in [0.25, 0.3) is 0 Å². The minimum absolute atomic E-state index is 0.586. The van der Waals surface area contributed by atoms with Crippen molar-refractivity contribution in [2.75, 3.05) is 13.2 Å². The molecule has 0 spiro atoms. The van der Waals surface area contributed by atoms with Crippen LogP contribution in [-0.4, -0.2) is 33.0 Å². The normalized spacial score (nSPS) is 13.8. The zero-order chi connectivity index (χ0) is 14.2. The molecule has 108 valence electrons.